The molecule has 0 aromatic heterocycles. The van der Waals surface area contributed by atoms with Crippen molar-refractivity contribution in [1.29, 1.82) is 0 Å². The Kier molecular flexibility index (Phi) is 6.53. The Bertz CT molecular complexity index is 382. The van der Waals surface area contributed by atoms with Gasteiger partial charge in [-0.2, -0.15) is 13.2 Å². The van der Waals surface area contributed by atoms with E-state index in [0.29, 0.717) is 11.8 Å². The van der Waals surface area contributed by atoms with E-state index in [1.165, 1.54) is 12.1 Å². The second-order valence-electron chi connectivity index (χ2n) is 5.89. The third-order valence-corrected chi connectivity index (χ3v) is 3.23. The van der Waals surface area contributed by atoms with Crippen molar-refractivity contribution in [3.8, 4) is 0 Å². The molecule has 20 heavy (non-hydrogen) atoms. The van der Waals surface area contributed by atoms with Gasteiger partial charge in [-0.3, -0.25) is 0 Å². The summed E-state index contributed by atoms with van der Waals surface area (Å²) in [6, 6.07) is 5.50. The molecule has 0 radical (unpaired) electrons. The van der Waals surface area contributed by atoms with Crippen LogP contribution in [0.4, 0.5) is 13.2 Å². The number of benzene rings is 1. The predicted molar refractivity (Wildman–Crippen MR) is 76.6 cm³/mol. The molecular formula is C16H24F3N. The first-order chi connectivity index (χ1) is 9.29. The molecule has 0 aliphatic carbocycles. The maximum Gasteiger partial charge on any atom is 0.416 e. The van der Waals surface area contributed by atoms with Gasteiger partial charge in [0.1, 0.15) is 0 Å². The van der Waals surface area contributed by atoms with Crippen LogP contribution in [0.1, 0.15) is 38.3 Å². The Labute approximate surface area is 119 Å². The molecule has 0 saturated heterocycles. The van der Waals surface area contributed by atoms with E-state index < -0.39 is 11.7 Å². The molecule has 114 valence electrons. The van der Waals surface area contributed by atoms with E-state index in [1.807, 2.05) is 0 Å². The van der Waals surface area contributed by atoms with Crippen LogP contribution in [-0.4, -0.2) is 13.1 Å². The highest BCUT2D eigenvalue weighted by Crippen LogP contribution is 2.29. The Balaban J connectivity index is 2.37. The van der Waals surface area contributed by atoms with Crippen LogP contribution in [0, 0.1) is 11.8 Å². The molecule has 1 nitrogen and oxygen atoms in total. The van der Waals surface area contributed by atoms with Gasteiger partial charge in [0.25, 0.3) is 0 Å². The Morgan fingerprint density at radius 2 is 1.65 bits per heavy atom. The molecule has 0 spiro atoms. The molecule has 0 fully saturated rings. The molecule has 4 heteroatoms. The van der Waals surface area contributed by atoms with Crippen LogP contribution in [-0.2, 0) is 12.6 Å². The first-order valence-corrected chi connectivity index (χ1v) is 7.16. The normalized spacial score (nSPS) is 13.8. The quantitative estimate of drug-likeness (QED) is 0.727. The van der Waals surface area contributed by atoms with E-state index in [2.05, 4.69) is 26.1 Å². The number of nitrogens with one attached hydrogen (secondary N) is 1. The Hall–Kier alpha value is -1.03. The van der Waals surface area contributed by atoms with Crippen LogP contribution >= 0.6 is 0 Å². The average Bonchev–Trinajstić information content (AvgIpc) is 2.34. The predicted octanol–water partition coefficient (Wildman–Crippen LogP) is 4.52. The molecule has 1 aromatic rings. The first-order valence-electron chi connectivity index (χ1n) is 7.16. The fourth-order valence-electron chi connectivity index (χ4n) is 2.07. The van der Waals surface area contributed by atoms with E-state index in [9.17, 15) is 13.2 Å². The number of halogens is 3. The highest BCUT2D eigenvalue weighted by molar-refractivity contribution is 5.24. The van der Waals surface area contributed by atoms with Crippen molar-refractivity contribution in [2.75, 3.05) is 13.1 Å². The minimum absolute atomic E-state index is 0.464. The van der Waals surface area contributed by atoms with Crippen molar-refractivity contribution in [3.63, 3.8) is 0 Å². The second kappa shape index (κ2) is 7.67. The Morgan fingerprint density at radius 3 is 2.15 bits per heavy atom. The topological polar surface area (TPSA) is 12.0 Å². The lowest BCUT2D eigenvalue weighted by molar-refractivity contribution is -0.137. The number of alkyl halides is 3. The van der Waals surface area contributed by atoms with Crippen molar-refractivity contribution in [2.45, 2.75) is 39.8 Å². The van der Waals surface area contributed by atoms with Crippen molar-refractivity contribution in [1.82, 2.24) is 5.32 Å². The summed E-state index contributed by atoms with van der Waals surface area (Å²) in [5, 5.41) is 3.38. The smallest absolute Gasteiger partial charge is 0.316 e. The lowest BCUT2D eigenvalue weighted by atomic mass is 9.97. The van der Waals surface area contributed by atoms with E-state index in [4.69, 9.17) is 0 Å². The van der Waals surface area contributed by atoms with Crippen molar-refractivity contribution in [2.24, 2.45) is 11.8 Å². The zero-order valence-electron chi connectivity index (χ0n) is 12.4. The van der Waals surface area contributed by atoms with Crippen LogP contribution in [0.3, 0.4) is 0 Å². The van der Waals surface area contributed by atoms with Crippen LogP contribution < -0.4 is 5.32 Å². The summed E-state index contributed by atoms with van der Waals surface area (Å²) in [5.41, 5.74) is 0.391. The molecule has 1 atom stereocenters. The van der Waals surface area contributed by atoms with Gasteiger partial charge in [-0.1, -0.05) is 32.9 Å². The highest BCUT2D eigenvalue weighted by atomic mass is 19.4. The van der Waals surface area contributed by atoms with Crippen LogP contribution in [0.25, 0.3) is 0 Å². The third kappa shape index (κ3) is 6.42. The molecule has 1 unspecified atom stereocenters. The van der Waals surface area contributed by atoms with E-state index >= 15 is 0 Å². The van der Waals surface area contributed by atoms with Crippen LogP contribution in [0.5, 0.6) is 0 Å². The zero-order valence-corrected chi connectivity index (χ0v) is 12.4. The van der Waals surface area contributed by atoms with Gasteiger partial charge in [0.2, 0.25) is 0 Å². The first kappa shape index (κ1) is 17.0. The minimum Gasteiger partial charge on any atom is -0.316 e. The van der Waals surface area contributed by atoms with Gasteiger partial charge in [0, 0.05) is 0 Å². The molecule has 0 bridgehead atoms. The second-order valence-corrected chi connectivity index (χ2v) is 5.89. The van der Waals surface area contributed by atoms with Crippen molar-refractivity contribution < 1.29 is 13.2 Å². The lowest BCUT2D eigenvalue weighted by Crippen LogP contribution is -2.22. The SMILES string of the molecule is CC(C)CNCCC(C)Cc1ccc(C(F)(F)F)cc1. The van der Waals surface area contributed by atoms with Crippen molar-refractivity contribution in [3.05, 3.63) is 35.4 Å². The maximum atomic E-state index is 12.4. The van der Waals surface area contributed by atoms with Gasteiger partial charge < -0.3 is 5.32 Å². The summed E-state index contributed by atoms with van der Waals surface area (Å²) in [6.07, 6.45) is -2.39. The molecule has 1 aromatic carbocycles. The van der Waals surface area contributed by atoms with Gasteiger partial charge in [-0.05, 0) is 55.5 Å². The standard InChI is InChI=1S/C16H24F3N/c1-12(2)11-20-9-8-13(3)10-14-4-6-15(7-5-14)16(17,18)19/h4-7,12-13,20H,8-11H2,1-3H3. The maximum absolute atomic E-state index is 12.4. The summed E-state index contributed by atoms with van der Waals surface area (Å²) >= 11 is 0. The zero-order chi connectivity index (χ0) is 15.2. The summed E-state index contributed by atoms with van der Waals surface area (Å²) in [7, 11) is 0. The fraction of sp³-hybridized carbons (Fsp3) is 0.625. The minimum atomic E-state index is -4.25. The van der Waals surface area contributed by atoms with E-state index in [0.717, 1.165) is 31.5 Å². The highest BCUT2D eigenvalue weighted by Gasteiger charge is 2.29. The van der Waals surface area contributed by atoms with E-state index in [1.54, 1.807) is 12.1 Å². The third-order valence-electron chi connectivity index (χ3n) is 3.23. The van der Waals surface area contributed by atoms with Gasteiger partial charge >= 0.3 is 6.18 Å². The van der Waals surface area contributed by atoms with Crippen LogP contribution in [0.2, 0.25) is 0 Å². The van der Waals surface area contributed by atoms with Gasteiger partial charge in [0.15, 0.2) is 0 Å². The fourth-order valence-corrected chi connectivity index (χ4v) is 2.07. The summed E-state index contributed by atoms with van der Waals surface area (Å²) in [6.45, 7) is 8.43. The molecule has 1 rings (SSSR count). The number of rotatable bonds is 7. The van der Waals surface area contributed by atoms with Gasteiger partial charge in [0.05, 0.1) is 5.56 Å². The lowest BCUT2D eigenvalue weighted by Gasteiger charge is -2.14. The largest absolute Gasteiger partial charge is 0.416 e. The summed E-state index contributed by atoms with van der Waals surface area (Å²) < 4.78 is 37.3. The molecule has 1 N–H and O–H groups in total. The molecular weight excluding hydrogens is 263 g/mol. The van der Waals surface area contributed by atoms with Crippen LogP contribution in [0.15, 0.2) is 24.3 Å². The molecule has 0 aliphatic heterocycles. The number of hydrogen-bond donors (Lipinski definition) is 1. The molecule has 0 aliphatic rings. The monoisotopic (exact) mass is 287 g/mol. The summed E-state index contributed by atoms with van der Waals surface area (Å²) in [5.74, 6) is 1.10. The van der Waals surface area contributed by atoms with Gasteiger partial charge in [-0.15, -0.1) is 0 Å². The molecule has 0 saturated carbocycles. The van der Waals surface area contributed by atoms with E-state index in [-0.39, 0.29) is 0 Å². The summed E-state index contributed by atoms with van der Waals surface area (Å²) in [4.78, 5) is 0. The number of hydrogen-bond acceptors (Lipinski definition) is 1. The molecule has 0 amide bonds. The van der Waals surface area contributed by atoms with Crippen molar-refractivity contribution >= 4 is 0 Å². The Morgan fingerprint density at radius 1 is 1.05 bits per heavy atom. The average molecular weight is 287 g/mol. The molecule has 0 heterocycles. The van der Waals surface area contributed by atoms with Gasteiger partial charge in [-0.25, -0.2) is 0 Å².